The van der Waals surface area contributed by atoms with Crippen molar-refractivity contribution in [3.05, 3.63) is 102 Å². The van der Waals surface area contributed by atoms with Gasteiger partial charge in [0.1, 0.15) is 0 Å². The summed E-state index contributed by atoms with van der Waals surface area (Å²) in [4.78, 5) is 36.7. The summed E-state index contributed by atoms with van der Waals surface area (Å²) < 4.78 is 5.00. The summed E-state index contributed by atoms with van der Waals surface area (Å²) in [5.41, 5.74) is 2.97. The number of para-hydroxylation sites is 1. The smallest absolute Gasteiger partial charge is 0.331 e. The Labute approximate surface area is 186 Å². The third kappa shape index (κ3) is 6.52. The van der Waals surface area contributed by atoms with Crippen LogP contribution in [0, 0.1) is 0 Å². The summed E-state index contributed by atoms with van der Waals surface area (Å²) in [6.07, 6.45) is 0.634. The van der Waals surface area contributed by atoms with Gasteiger partial charge in [-0.1, -0.05) is 66.7 Å². The van der Waals surface area contributed by atoms with Gasteiger partial charge in [0.25, 0.3) is 11.8 Å². The standard InChI is InChI=1S/C25H24N2O5/c28-16-22(27-24(30)19-11-5-2-6-12-19)25(31)32-17-23(29)26-21-14-8-7-13-20(21)15-18-9-3-1-4-10-18/h1-14,22,28H,15-17H2,(H,26,29)(H,27,30). The summed E-state index contributed by atoms with van der Waals surface area (Å²) in [6, 6.07) is 24.2. The lowest BCUT2D eigenvalue weighted by Crippen LogP contribution is -2.45. The molecule has 7 nitrogen and oxygen atoms in total. The Kier molecular flexibility index (Phi) is 8.11. The van der Waals surface area contributed by atoms with Gasteiger partial charge >= 0.3 is 5.97 Å². The van der Waals surface area contributed by atoms with Crippen LogP contribution in [0.25, 0.3) is 0 Å². The lowest BCUT2D eigenvalue weighted by Gasteiger charge is -2.16. The largest absolute Gasteiger partial charge is 0.454 e. The van der Waals surface area contributed by atoms with E-state index >= 15 is 0 Å². The molecule has 0 fully saturated rings. The predicted molar refractivity (Wildman–Crippen MR) is 120 cm³/mol. The van der Waals surface area contributed by atoms with Crippen molar-refractivity contribution < 1.29 is 24.2 Å². The van der Waals surface area contributed by atoms with E-state index in [0.717, 1.165) is 11.1 Å². The number of aliphatic hydroxyl groups excluding tert-OH is 1. The highest BCUT2D eigenvalue weighted by Crippen LogP contribution is 2.19. The maximum Gasteiger partial charge on any atom is 0.331 e. The Morgan fingerprint density at radius 3 is 2.16 bits per heavy atom. The van der Waals surface area contributed by atoms with Crippen LogP contribution < -0.4 is 10.6 Å². The molecular formula is C25H24N2O5. The highest BCUT2D eigenvalue weighted by molar-refractivity contribution is 5.97. The molecule has 0 aliphatic rings. The van der Waals surface area contributed by atoms with Gasteiger partial charge in [0.05, 0.1) is 6.61 Å². The van der Waals surface area contributed by atoms with E-state index in [4.69, 9.17) is 4.74 Å². The van der Waals surface area contributed by atoms with Crippen LogP contribution in [-0.4, -0.2) is 42.1 Å². The fourth-order valence-corrected chi connectivity index (χ4v) is 3.05. The van der Waals surface area contributed by atoms with Crippen LogP contribution in [-0.2, 0) is 20.7 Å². The van der Waals surface area contributed by atoms with E-state index in [1.807, 2.05) is 42.5 Å². The van der Waals surface area contributed by atoms with Gasteiger partial charge in [-0.25, -0.2) is 4.79 Å². The molecule has 3 rings (SSSR count). The Hall–Kier alpha value is -3.97. The fourth-order valence-electron chi connectivity index (χ4n) is 3.05. The first kappa shape index (κ1) is 22.7. The van der Waals surface area contributed by atoms with Crippen LogP contribution in [0.1, 0.15) is 21.5 Å². The van der Waals surface area contributed by atoms with Crippen molar-refractivity contribution in [3.8, 4) is 0 Å². The molecule has 7 heteroatoms. The molecule has 0 aliphatic carbocycles. The number of anilines is 1. The molecule has 3 N–H and O–H groups in total. The van der Waals surface area contributed by atoms with Crippen molar-refractivity contribution in [1.29, 1.82) is 0 Å². The molecule has 2 amide bonds. The zero-order valence-corrected chi connectivity index (χ0v) is 17.4. The lowest BCUT2D eigenvalue weighted by molar-refractivity contribution is -0.150. The average molecular weight is 432 g/mol. The molecular weight excluding hydrogens is 408 g/mol. The monoisotopic (exact) mass is 432 g/mol. The molecule has 0 bridgehead atoms. The molecule has 0 aliphatic heterocycles. The van der Waals surface area contributed by atoms with Crippen LogP contribution >= 0.6 is 0 Å². The minimum atomic E-state index is -1.28. The van der Waals surface area contributed by atoms with Crippen LogP contribution in [0.5, 0.6) is 0 Å². The average Bonchev–Trinajstić information content (AvgIpc) is 2.83. The topological polar surface area (TPSA) is 105 Å². The zero-order chi connectivity index (χ0) is 22.8. The molecule has 0 aromatic heterocycles. The van der Waals surface area contributed by atoms with Gasteiger partial charge in [-0.05, 0) is 35.7 Å². The number of rotatable bonds is 9. The number of ether oxygens (including phenoxy) is 1. The van der Waals surface area contributed by atoms with E-state index in [9.17, 15) is 19.5 Å². The Morgan fingerprint density at radius 2 is 1.47 bits per heavy atom. The Morgan fingerprint density at radius 1 is 0.844 bits per heavy atom. The second kappa shape index (κ2) is 11.4. The quantitative estimate of drug-likeness (QED) is 0.451. The van der Waals surface area contributed by atoms with Gasteiger partial charge in [0, 0.05) is 11.3 Å². The maximum absolute atomic E-state index is 12.3. The van der Waals surface area contributed by atoms with Crippen LogP contribution in [0.3, 0.4) is 0 Å². The summed E-state index contributed by atoms with van der Waals surface area (Å²) in [5.74, 6) is -1.95. The summed E-state index contributed by atoms with van der Waals surface area (Å²) >= 11 is 0. The van der Waals surface area contributed by atoms with Crippen molar-refractivity contribution in [2.24, 2.45) is 0 Å². The van der Waals surface area contributed by atoms with Crippen LogP contribution in [0.2, 0.25) is 0 Å². The summed E-state index contributed by atoms with van der Waals surface area (Å²) in [6.45, 7) is -1.20. The van der Waals surface area contributed by atoms with E-state index in [1.54, 1.807) is 42.5 Å². The van der Waals surface area contributed by atoms with Crippen LogP contribution in [0.15, 0.2) is 84.9 Å². The number of hydrogen-bond acceptors (Lipinski definition) is 5. The fraction of sp³-hybridized carbons (Fsp3) is 0.160. The predicted octanol–water partition coefficient (Wildman–Crippen LogP) is 2.55. The molecule has 164 valence electrons. The molecule has 1 atom stereocenters. The van der Waals surface area contributed by atoms with Crippen molar-refractivity contribution in [2.75, 3.05) is 18.5 Å². The molecule has 0 saturated heterocycles. The second-order valence-electron chi connectivity index (χ2n) is 7.05. The third-order valence-corrected chi connectivity index (χ3v) is 4.68. The number of aliphatic hydroxyl groups is 1. The molecule has 1 unspecified atom stereocenters. The van der Waals surface area contributed by atoms with E-state index in [2.05, 4.69) is 10.6 Å². The number of carbonyl (C=O) groups is 3. The minimum absolute atomic E-state index is 0.339. The zero-order valence-electron chi connectivity index (χ0n) is 17.4. The first-order chi connectivity index (χ1) is 15.6. The third-order valence-electron chi connectivity index (χ3n) is 4.68. The highest BCUT2D eigenvalue weighted by atomic mass is 16.5. The SMILES string of the molecule is O=C(COC(=O)C(CO)NC(=O)c1ccccc1)Nc1ccccc1Cc1ccccc1. The van der Waals surface area contributed by atoms with Gasteiger partial charge in [-0.15, -0.1) is 0 Å². The van der Waals surface area contributed by atoms with Crippen LogP contribution in [0.4, 0.5) is 5.69 Å². The van der Waals surface area contributed by atoms with E-state index in [1.165, 1.54) is 0 Å². The number of amides is 2. The molecule has 3 aromatic carbocycles. The van der Waals surface area contributed by atoms with Crippen molar-refractivity contribution in [1.82, 2.24) is 5.32 Å². The number of benzene rings is 3. The van der Waals surface area contributed by atoms with Gasteiger partial charge in [0.15, 0.2) is 12.6 Å². The van der Waals surface area contributed by atoms with Gasteiger partial charge in [-0.3, -0.25) is 9.59 Å². The summed E-state index contributed by atoms with van der Waals surface area (Å²) in [7, 11) is 0. The Bertz CT molecular complexity index is 1050. The van der Waals surface area contributed by atoms with Gasteiger partial charge in [-0.2, -0.15) is 0 Å². The second-order valence-corrected chi connectivity index (χ2v) is 7.05. The van der Waals surface area contributed by atoms with Crippen molar-refractivity contribution in [3.63, 3.8) is 0 Å². The van der Waals surface area contributed by atoms with Crippen molar-refractivity contribution in [2.45, 2.75) is 12.5 Å². The molecule has 32 heavy (non-hydrogen) atoms. The van der Waals surface area contributed by atoms with Crippen molar-refractivity contribution >= 4 is 23.5 Å². The normalized spacial score (nSPS) is 11.3. The van der Waals surface area contributed by atoms with Gasteiger partial charge in [0.2, 0.25) is 0 Å². The first-order valence-corrected chi connectivity index (χ1v) is 10.1. The Balaban J connectivity index is 1.54. The summed E-state index contributed by atoms with van der Waals surface area (Å²) in [5, 5.41) is 14.6. The minimum Gasteiger partial charge on any atom is -0.454 e. The number of hydrogen-bond donors (Lipinski definition) is 3. The highest BCUT2D eigenvalue weighted by Gasteiger charge is 2.23. The maximum atomic E-state index is 12.3. The number of esters is 1. The number of nitrogens with one attached hydrogen (secondary N) is 2. The van der Waals surface area contributed by atoms with E-state index < -0.39 is 37.0 Å². The van der Waals surface area contributed by atoms with E-state index in [0.29, 0.717) is 17.7 Å². The molecule has 0 radical (unpaired) electrons. The molecule has 0 spiro atoms. The molecule has 0 heterocycles. The lowest BCUT2D eigenvalue weighted by atomic mass is 10.0. The van der Waals surface area contributed by atoms with E-state index in [-0.39, 0.29) is 0 Å². The molecule has 0 saturated carbocycles. The van der Waals surface area contributed by atoms with Gasteiger partial charge < -0.3 is 20.5 Å². The number of carbonyl (C=O) groups excluding carboxylic acids is 3. The first-order valence-electron chi connectivity index (χ1n) is 10.1. The molecule has 3 aromatic rings.